The molecule has 0 aliphatic heterocycles. The summed E-state index contributed by atoms with van der Waals surface area (Å²) in [5.41, 5.74) is 8.88. The van der Waals surface area contributed by atoms with Gasteiger partial charge in [0.1, 0.15) is 0 Å². The summed E-state index contributed by atoms with van der Waals surface area (Å²) in [6.45, 7) is 4.20. The maximum atomic E-state index is 11.8. The zero-order valence-corrected chi connectivity index (χ0v) is 11.9. The molecule has 0 atom stereocenters. The molecule has 5 heteroatoms. The number of nitrogen functional groups attached to an aromatic ring is 1. The van der Waals surface area contributed by atoms with Crippen molar-refractivity contribution in [2.75, 3.05) is 5.73 Å². The first-order chi connectivity index (χ1) is 8.47. The van der Waals surface area contributed by atoms with E-state index in [1.807, 2.05) is 38.1 Å². The molecule has 0 saturated heterocycles. The third-order valence-corrected chi connectivity index (χ3v) is 3.47. The third kappa shape index (κ3) is 2.61. The fraction of sp³-hybridized carbons (Fsp3) is 0.231. The fourth-order valence-electron chi connectivity index (χ4n) is 1.84. The average Bonchev–Trinajstić information content (AvgIpc) is 2.28. The van der Waals surface area contributed by atoms with Crippen molar-refractivity contribution in [1.82, 2.24) is 9.55 Å². The van der Waals surface area contributed by atoms with E-state index in [0.717, 1.165) is 21.4 Å². The Morgan fingerprint density at radius 1 is 1.33 bits per heavy atom. The lowest BCUT2D eigenvalue weighted by molar-refractivity contribution is 0.694. The lowest BCUT2D eigenvalue weighted by Gasteiger charge is -2.10. The molecule has 0 aliphatic carbocycles. The van der Waals surface area contributed by atoms with Crippen LogP contribution < -0.4 is 11.4 Å². The van der Waals surface area contributed by atoms with E-state index in [1.54, 1.807) is 4.57 Å². The van der Waals surface area contributed by atoms with Crippen LogP contribution >= 0.6 is 15.9 Å². The van der Waals surface area contributed by atoms with Gasteiger partial charge in [-0.25, -0.2) is 4.79 Å². The molecule has 4 nitrogen and oxygen atoms in total. The first kappa shape index (κ1) is 12.8. The minimum absolute atomic E-state index is 0.228. The normalized spacial score (nSPS) is 10.6. The van der Waals surface area contributed by atoms with Gasteiger partial charge in [-0.1, -0.05) is 6.07 Å². The van der Waals surface area contributed by atoms with Crippen molar-refractivity contribution in [1.29, 1.82) is 0 Å². The van der Waals surface area contributed by atoms with E-state index >= 15 is 0 Å². The topological polar surface area (TPSA) is 60.9 Å². The van der Waals surface area contributed by atoms with Crippen LogP contribution in [0.4, 0.5) is 5.69 Å². The second-order valence-electron chi connectivity index (χ2n) is 4.26. The van der Waals surface area contributed by atoms with Crippen molar-refractivity contribution < 1.29 is 0 Å². The van der Waals surface area contributed by atoms with Gasteiger partial charge < -0.3 is 5.73 Å². The zero-order valence-electron chi connectivity index (χ0n) is 10.3. The largest absolute Gasteiger partial charge is 0.398 e. The first-order valence-electron chi connectivity index (χ1n) is 5.56. The number of hydrogen-bond acceptors (Lipinski definition) is 3. The molecule has 94 valence electrons. The maximum Gasteiger partial charge on any atom is 0.348 e. The predicted molar refractivity (Wildman–Crippen MR) is 75.6 cm³/mol. The number of nitrogens with two attached hydrogens (primary N) is 1. The molecule has 0 aliphatic rings. The van der Waals surface area contributed by atoms with Crippen LogP contribution in [0.25, 0.3) is 0 Å². The molecule has 0 radical (unpaired) electrons. The van der Waals surface area contributed by atoms with Gasteiger partial charge >= 0.3 is 5.69 Å². The van der Waals surface area contributed by atoms with Crippen LogP contribution in [0.2, 0.25) is 0 Å². The van der Waals surface area contributed by atoms with Crippen LogP contribution in [-0.2, 0) is 6.54 Å². The van der Waals surface area contributed by atoms with Gasteiger partial charge in [0.05, 0.1) is 6.54 Å². The van der Waals surface area contributed by atoms with E-state index in [4.69, 9.17) is 5.73 Å². The molecule has 0 unspecified atom stereocenters. The van der Waals surface area contributed by atoms with E-state index in [1.165, 1.54) is 0 Å². The molecule has 0 fully saturated rings. The molecule has 0 amide bonds. The summed E-state index contributed by atoms with van der Waals surface area (Å²) in [6.07, 6.45) is 0. The zero-order chi connectivity index (χ0) is 13.3. The van der Waals surface area contributed by atoms with Crippen molar-refractivity contribution in [2.45, 2.75) is 20.4 Å². The number of anilines is 1. The second-order valence-corrected chi connectivity index (χ2v) is 5.12. The highest BCUT2D eigenvalue weighted by atomic mass is 79.9. The molecule has 0 spiro atoms. The van der Waals surface area contributed by atoms with E-state index in [9.17, 15) is 4.79 Å². The van der Waals surface area contributed by atoms with Gasteiger partial charge in [0.2, 0.25) is 0 Å². The molecule has 0 saturated carbocycles. The Kier molecular flexibility index (Phi) is 3.52. The summed E-state index contributed by atoms with van der Waals surface area (Å²) >= 11 is 3.35. The van der Waals surface area contributed by atoms with Crippen LogP contribution in [0.3, 0.4) is 0 Å². The van der Waals surface area contributed by atoms with Gasteiger partial charge in [0, 0.05) is 21.5 Å². The SMILES string of the molecule is Cc1cc(C)n(Cc2ccc(Br)c(N)c2)c(=O)n1. The number of aryl methyl sites for hydroxylation is 2. The molecular formula is C13H14BrN3O. The van der Waals surface area contributed by atoms with Gasteiger partial charge in [-0.15, -0.1) is 0 Å². The molecular weight excluding hydrogens is 294 g/mol. The molecule has 18 heavy (non-hydrogen) atoms. The Hall–Kier alpha value is -1.62. The summed E-state index contributed by atoms with van der Waals surface area (Å²) < 4.78 is 2.49. The van der Waals surface area contributed by atoms with E-state index in [0.29, 0.717) is 12.2 Å². The maximum absolute atomic E-state index is 11.8. The lowest BCUT2D eigenvalue weighted by atomic mass is 10.2. The van der Waals surface area contributed by atoms with Gasteiger partial charge in [-0.3, -0.25) is 4.57 Å². The van der Waals surface area contributed by atoms with Crippen LogP contribution in [0, 0.1) is 13.8 Å². The second kappa shape index (κ2) is 4.94. The number of benzene rings is 1. The molecule has 2 N–H and O–H groups in total. The third-order valence-electron chi connectivity index (χ3n) is 2.75. The van der Waals surface area contributed by atoms with Crippen molar-refractivity contribution in [2.24, 2.45) is 0 Å². The Balaban J connectivity index is 2.40. The predicted octanol–water partition coefficient (Wildman–Crippen LogP) is 2.25. The van der Waals surface area contributed by atoms with Gasteiger partial charge in [0.25, 0.3) is 0 Å². The highest BCUT2D eigenvalue weighted by molar-refractivity contribution is 9.10. The van der Waals surface area contributed by atoms with E-state index in [-0.39, 0.29) is 5.69 Å². The molecule has 1 aromatic heterocycles. The quantitative estimate of drug-likeness (QED) is 0.866. The van der Waals surface area contributed by atoms with Crippen molar-refractivity contribution in [3.05, 3.63) is 56.2 Å². The summed E-state index contributed by atoms with van der Waals surface area (Å²) in [7, 11) is 0. The van der Waals surface area contributed by atoms with E-state index < -0.39 is 0 Å². The summed E-state index contributed by atoms with van der Waals surface area (Å²) in [5.74, 6) is 0. The number of hydrogen-bond donors (Lipinski definition) is 1. The lowest BCUT2D eigenvalue weighted by Crippen LogP contribution is -2.26. The summed E-state index contributed by atoms with van der Waals surface area (Å²) in [5, 5.41) is 0. The smallest absolute Gasteiger partial charge is 0.348 e. The minimum atomic E-state index is -0.228. The molecule has 1 heterocycles. The van der Waals surface area contributed by atoms with Gasteiger partial charge in [-0.05, 0) is 53.5 Å². The van der Waals surface area contributed by atoms with Crippen molar-refractivity contribution in [3.63, 3.8) is 0 Å². The Labute approximate surface area is 114 Å². The average molecular weight is 308 g/mol. The summed E-state index contributed by atoms with van der Waals surface area (Å²) in [4.78, 5) is 15.8. The number of rotatable bonds is 2. The number of nitrogens with zero attached hydrogens (tertiary/aromatic N) is 2. The van der Waals surface area contributed by atoms with Crippen molar-refractivity contribution >= 4 is 21.6 Å². The van der Waals surface area contributed by atoms with E-state index in [2.05, 4.69) is 20.9 Å². The number of halogens is 1. The molecule has 2 aromatic rings. The van der Waals surface area contributed by atoms with Gasteiger partial charge in [0.15, 0.2) is 0 Å². The Bertz CT molecular complexity index is 649. The molecule has 2 rings (SSSR count). The molecule has 1 aromatic carbocycles. The monoisotopic (exact) mass is 307 g/mol. The standard InChI is InChI=1S/C13H14BrN3O/c1-8-5-9(2)17(13(18)16-8)7-10-3-4-11(14)12(15)6-10/h3-6H,7,15H2,1-2H3. The van der Waals surface area contributed by atoms with Gasteiger partial charge in [-0.2, -0.15) is 4.98 Å². The highest BCUT2D eigenvalue weighted by Gasteiger charge is 2.05. The molecule has 0 bridgehead atoms. The number of aromatic nitrogens is 2. The van der Waals surface area contributed by atoms with Crippen LogP contribution in [-0.4, -0.2) is 9.55 Å². The Morgan fingerprint density at radius 3 is 2.67 bits per heavy atom. The summed E-state index contributed by atoms with van der Waals surface area (Å²) in [6, 6.07) is 7.57. The fourth-order valence-corrected chi connectivity index (χ4v) is 2.09. The van der Waals surface area contributed by atoms with Crippen LogP contribution in [0.1, 0.15) is 17.0 Å². The Morgan fingerprint density at radius 2 is 2.06 bits per heavy atom. The van der Waals surface area contributed by atoms with Crippen LogP contribution in [0.5, 0.6) is 0 Å². The first-order valence-corrected chi connectivity index (χ1v) is 6.35. The van der Waals surface area contributed by atoms with Crippen molar-refractivity contribution in [3.8, 4) is 0 Å². The highest BCUT2D eigenvalue weighted by Crippen LogP contribution is 2.20. The van der Waals surface area contributed by atoms with Crippen LogP contribution in [0.15, 0.2) is 33.5 Å². The minimum Gasteiger partial charge on any atom is -0.398 e.